The highest BCUT2D eigenvalue weighted by Crippen LogP contribution is 2.23. The number of benzene rings is 1. The van der Waals surface area contributed by atoms with Crippen molar-refractivity contribution in [2.45, 2.75) is 6.54 Å². The largest absolute Gasteiger partial charge is 0.496 e. The van der Waals surface area contributed by atoms with Crippen LogP contribution in [0.15, 0.2) is 24.4 Å². The van der Waals surface area contributed by atoms with Crippen molar-refractivity contribution in [3.05, 3.63) is 50.9 Å². The molecular weight excluding hydrogens is 305 g/mol. The molecule has 0 aliphatic heterocycles. The molecule has 0 radical (unpaired) electrons. The highest BCUT2D eigenvalue weighted by atomic mass is 35.5. The lowest BCUT2D eigenvalue weighted by Gasteiger charge is -2.06. The summed E-state index contributed by atoms with van der Waals surface area (Å²) in [5, 5.41) is 14.0. The molecule has 0 saturated carbocycles. The van der Waals surface area contributed by atoms with E-state index >= 15 is 0 Å². The number of hydrogen-bond acceptors (Lipinski definition) is 5. The number of nitro groups is 1. The maximum atomic E-state index is 13.2. The van der Waals surface area contributed by atoms with Crippen molar-refractivity contribution in [3.8, 4) is 5.75 Å². The molecule has 0 aliphatic carbocycles. The van der Waals surface area contributed by atoms with Gasteiger partial charge in [-0.2, -0.15) is 4.68 Å². The quantitative estimate of drug-likeness (QED) is 0.481. The number of nitrogens with zero attached hydrogens (tertiary/aromatic N) is 3. The first kappa shape index (κ1) is 14.9. The third-order valence-corrected chi connectivity index (χ3v) is 2.91. The van der Waals surface area contributed by atoms with Crippen LogP contribution in [0.2, 0.25) is 5.02 Å². The lowest BCUT2D eigenvalue weighted by Crippen LogP contribution is -2.12. The average Bonchev–Trinajstić information content (AvgIpc) is 2.79. The fraction of sp³-hybridized carbons (Fsp3) is 0.167. The first-order valence-corrected chi connectivity index (χ1v) is 6.04. The fourth-order valence-electron chi connectivity index (χ4n) is 1.72. The summed E-state index contributed by atoms with van der Waals surface area (Å²) in [6.45, 7) is -0.326. The van der Waals surface area contributed by atoms with Crippen LogP contribution in [0.25, 0.3) is 0 Å². The Bertz CT molecular complexity index is 717. The minimum absolute atomic E-state index is 0.0202. The lowest BCUT2D eigenvalue weighted by atomic mass is 10.1. The molecule has 7 nitrogen and oxygen atoms in total. The van der Waals surface area contributed by atoms with E-state index in [1.54, 1.807) is 0 Å². The van der Waals surface area contributed by atoms with Gasteiger partial charge in [-0.05, 0) is 23.1 Å². The van der Waals surface area contributed by atoms with E-state index in [4.69, 9.17) is 16.3 Å². The molecule has 0 spiro atoms. The molecule has 110 valence electrons. The van der Waals surface area contributed by atoms with Crippen LogP contribution in [-0.4, -0.2) is 27.6 Å². The highest BCUT2D eigenvalue weighted by molar-refractivity contribution is 6.32. The smallest absolute Gasteiger partial charge is 0.408 e. The van der Waals surface area contributed by atoms with E-state index in [0.717, 1.165) is 23.0 Å². The van der Waals surface area contributed by atoms with E-state index in [1.807, 2.05) is 0 Å². The Morgan fingerprint density at radius 3 is 2.86 bits per heavy atom. The lowest BCUT2D eigenvalue weighted by molar-refractivity contribution is -0.389. The number of rotatable bonds is 5. The third kappa shape index (κ3) is 3.16. The zero-order valence-electron chi connectivity index (χ0n) is 10.7. The topological polar surface area (TPSA) is 87.3 Å². The number of ketones is 1. The monoisotopic (exact) mass is 313 g/mol. The van der Waals surface area contributed by atoms with Crippen molar-refractivity contribution >= 4 is 23.2 Å². The van der Waals surface area contributed by atoms with Gasteiger partial charge in [0.05, 0.1) is 24.0 Å². The Hall–Kier alpha value is -2.48. The molecule has 21 heavy (non-hydrogen) atoms. The zero-order chi connectivity index (χ0) is 15.6. The first-order chi connectivity index (χ1) is 9.92. The van der Waals surface area contributed by atoms with Crippen LogP contribution in [0.1, 0.15) is 10.4 Å². The van der Waals surface area contributed by atoms with Crippen LogP contribution in [0.3, 0.4) is 0 Å². The SMILES string of the molecule is COc1ccc(F)cc1C(=O)Cn1cc(Cl)c([N+](=O)[O-])n1. The maximum absolute atomic E-state index is 13.2. The van der Waals surface area contributed by atoms with Gasteiger partial charge in [0.1, 0.15) is 18.1 Å². The Labute approximate surface area is 123 Å². The molecule has 0 atom stereocenters. The molecule has 0 bridgehead atoms. The molecule has 1 aromatic heterocycles. The number of hydrogen-bond donors (Lipinski definition) is 0. The Morgan fingerprint density at radius 2 is 2.29 bits per heavy atom. The summed E-state index contributed by atoms with van der Waals surface area (Å²) in [5.41, 5.74) is 0.0202. The molecule has 0 N–H and O–H groups in total. The van der Waals surface area contributed by atoms with Crippen LogP contribution in [0, 0.1) is 15.9 Å². The molecule has 1 heterocycles. The number of methoxy groups -OCH3 is 1. The van der Waals surface area contributed by atoms with Gasteiger partial charge in [0.25, 0.3) is 0 Å². The van der Waals surface area contributed by atoms with Crippen LogP contribution in [0.4, 0.5) is 10.2 Å². The molecule has 2 aromatic rings. The van der Waals surface area contributed by atoms with E-state index < -0.39 is 22.3 Å². The van der Waals surface area contributed by atoms with Crippen molar-refractivity contribution in [1.82, 2.24) is 9.78 Å². The summed E-state index contributed by atoms with van der Waals surface area (Å²) in [4.78, 5) is 22.0. The summed E-state index contributed by atoms with van der Waals surface area (Å²) in [6, 6.07) is 3.51. The molecular formula is C12H9ClFN3O4. The van der Waals surface area contributed by atoms with Crippen molar-refractivity contribution in [2.24, 2.45) is 0 Å². The fourth-order valence-corrected chi connectivity index (χ4v) is 1.94. The Kier molecular flexibility index (Phi) is 4.18. The van der Waals surface area contributed by atoms with Gasteiger partial charge in [-0.15, -0.1) is 0 Å². The van der Waals surface area contributed by atoms with Crippen LogP contribution in [0.5, 0.6) is 5.75 Å². The van der Waals surface area contributed by atoms with Gasteiger partial charge in [-0.25, -0.2) is 4.39 Å². The molecule has 0 aliphatic rings. The van der Waals surface area contributed by atoms with Crippen molar-refractivity contribution in [3.63, 3.8) is 0 Å². The van der Waals surface area contributed by atoms with Gasteiger partial charge >= 0.3 is 5.82 Å². The summed E-state index contributed by atoms with van der Waals surface area (Å²) in [7, 11) is 1.35. The summed E-state index contributed by atoms with van der Waals surface area (Å²) in [5.74, 6) is -1.45. The number of carbonyl (C=O) groups is 1. The van der Waals surface area contributed by atoms with Crippen LogP contribution < -0.4 is 4.74 Å². The van der Waals surface area contributed by atoms with Gasteiger partial charge < -0.3 is 14.9 Å². The third-order valence-electron chi connectivity index (χ3n) is 2.64. The number of carbonyl (C=O) groups excluding carboxylic acids is 1. The number of aromatic nitrogens is 2. The molecule has 0 saturated heterocycles. The second-order valence-electron chi connectivity index (χ2n) is 4.02. The van der Waals surface area contributed by atoms with Gasteiger partial charge in [0, 0.05) is 0 Å². The minimum Gasteiger partial charge on any atom is -0.496 e. The van der Waals surface area contributed by atoms with Gasteiger partial charge in [-0.3, -0.25) is 4.79 Å². The van der Waals surface area contributed by atoms with Crippen LogP contribution >= 0.6 is 11.6 Å². The summed E-state index contributed by atoms with van der Waals surface area (Å²) < 4.78 is 19.2. The van der Waals surface area contributed by atoms with Crippen molar-refractivity contribution in [2.75, 3.05) is 7.11 Å². The van der Waals surface area contributed by atoms with E-state index in [0.29, 0.717) is 0 Å². The second kappa shape index (κ2) is 5.88. The zero-order valence-corrected chi connectivity index (χ0v) is 11.5. The molecule has 0 fully saturated rings. The molecule has 0 amide bonds. The van der Waals surface area contributed by atoms with Gasteiger partial charge in [0.15, 0.2) is 10.8 Å². The molecule has 2 rings (SSSR count). The predicted molar refractivity (Wildman–Crippen MR) is 71.2 cm³/mol. The summed E-state index contributed by atoms with van der Waals surface area (Å²) >= 11 is 5.63. The Morgan fingerprint density at radius 1 is 1.57 bits per heavy atom. The molecule has 0 unspecified atom stereocenters. The minimum atomic E-state index is -0.758. The molecule has 1 aromatic carbocycles. The summed E-state index contributed by atoms with van der Waals surface area (Å²) in [6.07, 6.45) is 1.16. The van der Waals surface area contributed by atoms with E-state index in [2.05, 4.69) is 5.10 Å². The van der Waals surface area contributed by atoms with E-state index in [9.17, 15) is 19.3 Å². The average molecular weight is 314 g/mol. The number of halogens is 2. The first-order valence-electron chi connectivity index (χ1n) is 5.66. The van der Waals surface area contributed by atoms with E-state index in [-0.39, 0.29) is 22.9 Å². The second-order valence-corrected chi connectivity index (χ2v) is 4.43. The highest BCUT2D eigenvalue weighted by Gasteiger charge is 2.22. The predicted octanol–water partition coefficient (Wildman–Crippen LogP) is 2.48. The Balaban J connectivity index is 2.28. The number of Topliss-reactive ketones (excluding diaryl/α,β-unsaturated/α-hetero) is 1. The van der Waals surface area contributed by atoms with Crippen molar-refractivity contribution < 1.29 is 18.8 Å². The van der Waals surface area contributed by atoms with Crippen LogP contribution in [-0.2, 0) is 6.54 Å². The van der Waals surface area contributed by atoms with Gasteiger partial charge in [-0.1, -0.05) is 11.6 Å². The van der Waals surface area contributed by atoms with Gasteiger partial charge in [0.2, 0.25) is 0 Å². The molecule has 9 heteroatoms. The van der Waals surface area contributed by atoms with E-state index in [1.165, 1.54) is 13.2 Å². The maximum Gasteiger partial charge on any atom is 0.408 e. The number of ether oxygens (including phenoxy) is 1. The van der Waals surface area contributed by atoms with Crippen molar-refractivity contribution in [1.29, 1.82) is 0 Å². The normalized spacial score (nSPS) is 10.4. The standard InChI is InChI=1S/C12H9ClFN3O4/c1-21-11-3-2-7(14)4-8(11)10(18)6-16-5-9(13)12(15-16)17(19)20/h2-5H,6H2,1H3.